The van der Waals surface area contributed by atoms with E-state index in [-0.39, 0.29) is 6.04 Å². The second-order valence-electron chi connectivity index (χ2n) is 7.62. The van der Waals surface area contributed by atoms with Crippen molar-refractivity contribution in [3.8, 4) is 23.0 Å². The van der Waals surface area contributed by atoms with Crippen LogP contribution in [0.25, 0.3) is 0 Å². The van der Waals surface area contributed by atoms with Crippen LogP contribution in [0, 0.1) is 0 Å². The zero-order valence-corrected chi connectivity index (χ0v) is 18.8. The molecule has 0 saturated heterocycles. The highest BCUT2D eigenvalue weighted by molar-refractivity contribution is 6.30. The highest BCUT2D eigenvalue weighted by atomic mass is 35.5. The Morgan fingerprint density at radius 2 is 1.66 bits per heavy atom. The molecule has 2 atom stereocenters. The lowest BCUT2D eigenvalue weighted by Gasteiger charge is -2.38. The number of fused-ring (bicyclic) bond motifs is 3. The fourth-order valence-electron chi connectivity index (χ4n) is 4.33. The van der Waals surface area contributed by atoms with Gasteiger partial charge in [0.05, 0.1) is 33.1 Å². The van der Waals surface area contributed by atoms with E-state index in [1.165, 1.54) is 0 Å². The van der Waals surface area contributed by atoms with Gasteiger partial charge in [-0.25, -0.2) is 5.01 Å². The first-order valence-corrected chi connectivity index (χ1v) is 10.7. The standard InChI is InChI=1S/C25H23ClN2O4/c1-29-22-11-16(12-23(30-2)24(22)31-3)25-28-20(18-13-17(26)9-10-21(18)32-25)14-19(27-28)15-7-5-4-6-8-15/h4-13,20,25H,14H2,1-3H3. The first-order chi connectivity index (χ1) is 15.6. The fraction of sp³-hybridized carbons (Fsp3) is 0.240. The number of hydrazone groups is 1. The average molecular weight is 451 g/mol. The molecule has 0 saturated carbocycles. The minimum atomic E-state index is -0.469. The predicted octanol–water partition coefficient (Wildman–Crippen LogP) is 5.61. The van der Waals surface area contributed by atoms with Crippen molar-refractivity contribution >= 4 is 17.3 Å². The maximum absolute atomic E-state index is 6.45. The number of ether oxygens (including phenoxy) is 4. The van der Waals surface area contributed by atoms with Gasteiger partial charge in [-0.2, -0.15) is 5.10 Å². The third-order valence-electron chi connectivity index (χ3n) is 5.83. The molecule has 5 rings (SSSR count). The summed E-state index contributed by atoms with van der Waals surface area (Å²) in [5.41, 5.74) is 3.97. The van der Waals surface area contributed by atoms with Crippen molar-refractivity contribution in [2.45, 2.75) is 18.7 Å². The van der Waals surface area contributed by atoms with Gasteiger partial charge in [0.15, 0.2) is 11.5 Å². The number of methoxy groups -OCH3 is 3. The molecule has 164 valence electrons. The zero-order valence-electron chi connectivity index (χ0n) is 18.0. The first kappa shape index (κ1) is 20.5. The number of rotatable bonds is 5. The Hall–Kier alpha value is -3.38. The van der Waals surface area contributed by atoms with E-state index in [2.05, 4.69) is 12.1 Å². The van der Waals surface area contributed by atoms with Crippen LogP contribution < -0.4 is 18.9 Å². The number of halogens is 1. The van der Waals surface area contributed by atoms with Crippen LogP contribution in [0.3, 0.4) is 0 Å². The van der Waals surface area contributed by atoms with Crippen LogP contribution in [-0.4, -0.2) is 32.0 Å². The van der Waals surface area contributed by atoms with Crippen LogP contribution in [0.2, 0.25) is 5.02 Å². The fourth-order valence-corrected chi connectivity index (χ4v) is 4.51. The highest BCUT2D eigenvalue weighted by Crippen LogP contribution is 2.50. The molecule has 0 N–H and O–H groups in total. The van der Waals surface area contributed by atoms with Gasteiger partial charge >= 0.3 is 0 Å². The molecule has 2 heterocycles. The van der Waals surface area contributed by atoms with Crippen LogP contribution >= 0.6 is 11.6 Å². The van der Waals surface area contributed by atoms with Gasteiger partial charge in [-0.15, -0.1) is 0 Å². The molecule has 7 heteroatoms. The molecule has 0 aliphatic carbocycles. The summed E-state index contributed by atoms with van der Waals surface area (Å²) in [6, 6.07) is 19.7. The monoisotopic (exact) mass is 450 g/mol. The van der Waals surface area contributed by atoms with Crippen LogP contribution in [0.5, 0.6) is 23.0 Å². The number of hydrogen-bond donors (Lipinski definition) is 0. The summed E-state index contributed by atoms with van der Waals surface area (Å²) >= 11 is 6.33. The minimum absolute atomic E-state index is 0.00301. The van der Waals surface area contributed by atoms with Crippen molar-refractivity contribution < 1.29 is 18.9 Å². The zero-order chi connectivity index (χ0) is 22.2. The van der Waals surface area contributed by atoms with E-state index in [4.69, 9.17) is 35.6 Å². The van der Waals surface area contributed by atoms with E-state index < -0.39 is 6.23 Å². The molecule has 0 bridgehead atoms. The minimum Gasteiger partial charge on any atom is -0.493 e. The van der Waals surface area contributed by atoms with Crippen molar-refractivity contribution in [3.05, 3.63) is 82.4 Å². The van der Waals surface area contributed by atoms with E-state index in [1.54, 1.807) is 21.3 Å². The van der Waals surface area contributed by atoms with Crippen molar-refractivity contribution in [1.29, 1.82) is 0 Å². The maximum Gasteiger partial charge on any atom is 0.214 e. The van der Waals surface area contributed by atoms with E-state index in [1.807, 2.05) is 53.5 Å². The summed E-state index contributed by atoms with van der Waals surface area (Å²) in [5, 5.41) is 7.66. The summed E-state index contributed by atoms with van der Waals surface area (Å²) in [6.45, 7) is 0. The van der Waals surface area contributed by atoms with Gasteiger partial charge in [0.25, 0.3) is 0 Å². The molecule has 0 amide bonds. The van der Waals surface area contributed by atoms with Gasteiger partial charge in [0.2, 0.25) is 12.0 Å². The number of nitrogens with zero attached hydrogens (tertiary/aromatic N) is 2. The van der Waals surface area contributed by atoms with Crippen molar-refractivity contribution in [1.82, 2.24) is 5.01 Å². The van der Waals surface area contributed by atoms with Gasteiger partial charge in [-0.1, -0.05) is 41.9 Å². The largest absolute Gasteiger partial charge is 0.493 e. The lowest BCUT2D eigenvalue weighted by atomic mass is 9.96. The highest BCUT2D eigenvalue weighted by Gasteiger charge is 2.41. The second-order valence-corrected chi connectivity index (χ2v) is 8.06. The van der Waals surface area contributed by atoms with Gasteiger partial charge in [0.1, 0.15) is 5.75 Å². The molecule has 0 spiro atoms. The third-order valence-corrected chi connectivity index (χ3v) is 6.07. The Morgan fingerprint density at radius 1 is 0.938 bits per heavy atom. The van der Waals surface area contributed by atoms with Gasteiger partial charge in [0, 0.05) is 22.6 Å². The Bertz CT molecular complexity index is 1160. The molecule has 2 aliphatic rings. The number of hydrogen-bond acceptors (Lipinski definition) is 6. The summed E-state index contributed by atoms with van der Waals surface area (Å²) in [6.07, 6.45) is 0.283. The van der Waals surface area contributed by atoms with Crippen LogP contribution in [-0.2, 0) is 0 Å². The third kappa shape index (κ3) is 3.41. The van der Waals surface area contributed by atoms with E-state index >= 15 is 0 Å². The lowest BCUT2D eigenvalue weighted by molar-refractivity contribution is -0.0192. The summed E-state index contributed by atoms with van der Waals surface area (Å²) < 4.78 is 23.1. The van der Waals surface area contributed by atoms with Gasteiger partial charge in [-0.05, 0) is 35.9 Å². The average Bonchev–Trinajstić information content (AvgIpc) is 3.29. The SMILES string of the molecule is COc1cc(C2Oc3ccc(Cl)cc3C3CC(c4ccccc4)=NN32)cc(OC)c1OC. The molecular weight excluding hydrogens is 428 g/mol. The van der Waals surface area contributed by atoms with Crippen molar-refractivity contribution in [2.24, 2.45) is 5.10 Å². The maximum atomic E-state index is 6.45. The molecule has 2 unspecified atom stereocenters. The molecule has 0 aromatic heterocycles. The van der Waals surface area contributed by atoms with Crippen molar-refractivity contribution in [3.63, 3.8) is 0 Å². The Balaban J connectivity index is 1.64. The second kappa shape index (κ2) is 8.28. The Morgan fingerprint density at radius 3 is 2.31 bits per heavy atom. The van der Waals surface area contributed by atoms with Gasteiger partial charge < -0.3 is 18.9 Å². The topological polar surface area (TPSA) is 52.5 Å². The number of benzene rings is 3. The van der Waals surface area contributed by atoms with Crippen LogP contribution in [0.4, 0.5) is 0 Å². The Labute approximate surface area is 191 Å². The van der Waals surface area contributed by atoms with Gasteiger partial charge in [-0.3, -0.25) is 0 Å². The van der Waals surface area contributed by atoms with E-state index in [0.29, 0.717) is 22.3 Å². The molecule has 0 radical (unpaired) electrons. The van der Waals surface area contributed by atoms with Crippen molar-refractivity contribution in [2.75, 3.05) is 21.3 Å². The van der Waals surface area contributed by atoms with Crippen LogP contribution in [0.1, 0.15) is 35.4 Å². The quantitative estimate of drug-likeness (QED) is 0.505. The summed E-state index contributed by atoms with van der Waals surface area (Å²) in [5.74, 6) is 2.46. The molecule has 3 aromatic carbocycles. The molecule has 2 aliphatic heterocycles. The molecule has 0 fully saturated rings. The molecule has 3 aromatic rings. The van der Waals surface area contributed by atoms with Crippen LogP contribution in [0.15, 0.2) is 65.8 Å². The normalized spacial score (nSPS) is 18.9. The predicted molar refractivity (Wildman–Crippen MR) is 123 cm³/mol. The van der Waals surface area contributed by atoms with E-state index in [9.17, 15) is 0 Å². The van der Waals surface area contributed by atoms with E-state index in [0.717, 1.165) is 34.6 Å². The molecule has 32 heavy (non-hydrogen) atoms. The first-order valence-electron chi connectivity index (χ1n) is 10.3. The molecule has 6 nitrogen and oxygen atoms in total. The Kier molecular flexibility index (Phi) is 5.31. The summed E-state index contributed by atoms with van der Waals surface area (Å²) in [7, 11) is 4.79. The molecular formula is C25H23ClN2O4. The summed E-state index contributed by atoms with van der Waals surface area (Å²) in [4.78, 5) is 0. The smallest absolute Gasteiger partial charge is 0.214 e. The lowest BCUT2D eigenvalue weighted by Crippen LogP contribution is -2.33.